The van der Waals surface area contributed by atoms with E-state index < -0.39 is 54.4 Å². The van der Waals surface area contributed by atoms with Crippen LogP contribution in [0.5, 0.6) is 0 Å². The molecule has 15 rings (SSSR count). The number of aryl methyl sites for hydroxylation is 10. The van der Waals surface area contributed by atoms with Crippen molar-refractivity contribution >= 4 is 124 Å². The Balaban J connectivity index is 0.000000166. The molecule has 10 unspecified atom stereocenters. The molecule has 10 atom stereocenters. The first-order chi connectivity index (χ1) is 60.7. The molecule has 10 aromatic rings. The highest BCUT2D eigenvalue weighted by atomic mass is 35.5. The van der Waals surface area contributed by atoms with Crippen LogP contribution in [0.1, 0.15) is 192 Å². The van der Waals surface area contributed by atoms with Crippen LogP contribution in [0, 0.1) is 52.1 Å². The Morgan fingerprint density at radius 3 is 0.977 bits per heavy atom. The van der Waals surface area contributed by atoms with E-state index in [1.165, 1.54) is 47.7 Å². The Labute approximate surface area is 785 Å². The van der Waals surface area contributed by atoms with Gasteiger partial charge in [0.15, 0.2) is 0 Å². The summed E-state index contributed by atoms with van der Waals surface area (Å²) in [7, 11) is -12.5. The number of halogens is 7. The lowest BCUT2D eigenvalue weighted by atomic mass is 9.98. The third-order valence-corrected chi connectivity index (χ3v) is 37.2. The third kappa shape index (κ3) is 28.7. The van der Waals surface area contributed by atoms with Crippen molar-refractivity contribution in [2.24, 2.45) is 0 Å². The number of piperidine rings is 5. The molecular formula is C104H130Cl4F3N7O5S5. The zero-order chi connectivity index (χ0) is 91.1. The van der Waals surface area contributed by atoms with E-state index in [4.69, 9.17) is 46.4 Å². The van der Waals surface area contributed by atoms with Gasteiger partial charge in [-0.25, -0.2) is 55.7 Å². The van der Waals surface area contributed by atoms with Crippen molar-refractivity contribution in [3.05, 3.63) is 312 Å². The van der Waals surface area contributed by atoms with Gasteiger partial charge in [0.05, 0.1) is 58.5 Å². The van der Waals surface area contributed by atoms with Crippen molar-refractivity contribution in [2.75, 3.05) is 32.7 Å². The molecule has 690 valence electrons. The van der Waals surface area contributed by atoms with Gasteiger partial charge in [0, 0.05) is 121 Å². The van der Waals surface area contributed by atoms with E-state index >= 15 is 0 Å². The number of benzene rings is 8. The molecule has 24 heteroatoms. The Kier molecular flexibility index (Phi) is 39.1. The second-order valence-electron chi connectivity index (χ2n) is 34.4. The van der Waals surface area contributed by atoms with Gasteiger partial charge in [0.1, 0.15) is 17.5 Å². The summed E-state index contributed by atoms with van der Waals surface area (Å²) in [4.78, 5) is 12.6. The number of hydrogen-bond donors (Lipinski definition) is 0. The molecule has 2 aromatic heterocycles. The number of pyridine rings is 2. The summed E-state index contributed by atoms with van der Waals surface area (Å²) in [6.45, 7) is 14.1. The van der Waals surface area contributed by atoms with Crippen LogP contribution in [0.4, 0.5) is 13.2 Å². The highest BCUT2D eigenvalue weighted by Gasteiger charge is 2.35. The van der Waals surface area contributed by atoms with Crippen molar-refractivity contribution in [3.63, 3.8) is 0 Å². The molecule has 0 spiro atoms. The van der Waals surface area contributed by atoms with Crippen LogP contribution in [0.3, 0.4) is 0 Å². The monoisotopic (exact) mass is 1910 g/mol. The Morgan fingerprint density at radius 2 is 0.656 bits per heavy atom. The summed E-state index contributed by atoms with van der Waals surface area (Å²) in [5.41, 5.74) is 10.2. The van der Waals surface area contributed by atoms with E-state index in [1.54, 1.807) is 42.6 Å². The van der Waals surface area contributed by atoms with Crippen molar-refractivity contribution in [1.82, 2.24) is 31.5 Å². The van der Waals surface area contributed by atoms with E-state index in [-0.39, 0.29) is 42.2 Å². The minimum atomic E-state index is -2.59. The van der Waals surface area contributed by atoms with Gasteiger partial charge in [0.2, 0.25) is 0 Å². The van der Waals surface area contributed by atoms with Crippen LogP contribution < -0.4 is 0 Å². The highest BCUT2D eigenvalue weighted by Crippen LogP contribution is 2.36. The summed E-state index contributed by atoms with van der Waals surface area (Å²) >= 11 is 23.6. The van der Waals surface area contributed by atoms with Gasteiger partial charge in [-0.1, -0.05) is 193 Å². The molecule has 5 aliphatic heterocycles. The average Bonchev–Trinajstić information content (AvgIpc) is 0.804. The highest BCUT2D eigenvalue weighted by molar-refractivity contribution is 7.99. The van der Waals surface area contributed by atoms with Gasteiger partial charge in [-0.2, -0.15) is 0 Å². The minimum absolute atomic E-state index is 0. The molecule has 128 heavy (non-hydrogen) atoms. The smallest absolute Gasteiger partial charge is 0.141 e. The zero-order valence-electron chi connectivity index (χ0n) is 74.3. The lowest BCUT2D eigenvalue weighted by Gasteiger charge is -2.38. The van der Waals surface area contributed by atoms with Gasteiger partial charge >= 0.3 is 0 Å². The van der Waals surface area contributed by atoms with Crippen LogP contribution in [0.15, 0.2) is 243 Å². The molecule has 0 radical (unpaired) electrons. The molecular weight excluding hydrogens is 1790 g/mol. The lowest BCUT2D eigenvalue weighted by molar-refractivity contribution is 0.250. The van der Waals surface area contributed by atoms with Crippen molar-refractivity contribution < 1.29 is 34.2 Å². The SMILES string of the molecule is C.C=S(=O)(c1ccc(C)cc1)N1CCCCC1CCc1ccc(Cl)cc1F.C=S(=O)(c1ccc(C)cc1)N1CCCCC1CCc1ccc(F)c(Cl)c1.C=S(=O)(c1ccc(C)cc1)N1CCCCC1CCc1cccc(Cl)c1.C=S(=O)(c1ccc(C)cc1)N1CCCCC1CCc1ccccn1.C=S(=O)(c1ccc(C)nc1)N1CCCCC1CCc1ccc(Cl)cc1F. The molecule has 7 heterocycles. The maximum atomic E-state index is 14.1. The van der Waals surface area contributed by atoms with Gasteiger partial charge in [0.25, 0.3) is 0 Å². The summed E-state index contributed by atoms with van der Waals surface area (Å²) in [5, 5.41) is 1.74. The quantitative estimate of drug-likeness (QED) is 0.0521. The van der Waals surface area contributed by atoms with Gasteiger partial charge in [-0.05, 0) is 336 Å². The molecule has 0 bridgehead atoms. The first-order valence-electron chi connectivity index (χ1n) is 44.5. The summed E-state index contributed by atoms with van der Waals surface area (Å²) < 4.78 is 119. The normalized spacial score (nSPS) is 20.7. The van der Waals surface area contributed by atoms with Crippen LogP contribution in [-0.2, 0) is 80.6 Å². The molecule has 0 amide bonds. The maximum absolute atomic E-state index is 14.1. The number of rotatable bonds is 25. The predicted molar refractivity (Wildman–Crippen MR) is 541 cm³/mol. The van der Waals surface area contributed by atoms with E-state index in [0.29, 0.717) is 51.0 Å². The standard InChI is InChI=1S/2C21H25ClFNOS.C21H26ClNOS.C20H24ClFN2OS.C20H26N2OS.CH4/c1-16-6-12-20(13-7-16)26(2,25)24-14-4-3-5-19(24)11-9-17-8-10-18(22)15-21(17)23;1-16-6-11-19(12-7-16)26(2,25)24-14-4-3-5-18(24)10-8-17-9-13-21(23)20(22)15-17;1-17-9-13-21(14-10-17)25(2,24)23-15-4-3-8-20(23)12-11-18-6-5-7-19(22)16-18;1-15-6-11-19(14-23-15)26(2,25)24-12-4-3-5-18(24)10-8-16-7-9-17(21)13-20(16)22;1-17-9-13-20(14-10-17)24(2,23)22-16-6-4-8-19(22)12-11-18-7-3-5-15-21-18;/h6-8,10,12-13,15,19H,2-5,9,11,14H2,1H3;6-7,9,11-13,15,18H,2-5,8,10,14H2,1H3;5-7,9-10,13-14,16,20H,2-4,8,11-12,15H2,1H3;6-7,9,11,13-14,18H,2-5,8,10,12H2,1H3;3,5,7,9-10,13-15,19H,2,4,6,8,11-12,16H2,1H3;1H4. The second-order valence-corrected chi connectivity index (χ2v) is 47.2. The molecule has 12 nitrogen and oxygen atoms in total. The molecule has 8 aromatic carbocycles. The lowest BCUT2D eigenvalue weighted by Crippen LogP contribution is -2.43. The van der Waals surface area contributed by atoms with Gasteiger partial charge in [-0.15, -0.1) is 0 Å². The van der Waals surface area contributed by atoms with Crippen LogP contribution in [-0.4, -0.2) is 145 Å². The fourth-order valence-corrected chi connectivity index (χ4v) is 28.0. The predicted octanol–water partition coefficient (Wildman–Crippen LogP) is 24.8. The number of hydrogen-bond acceptors (Lipinski definition) is 7. The van der Waals surface area contributed by atoms with Gasteiger partial charge in [-0.3, -0.25) is 9.97 Å². The van der Waals surface area contributed by atoms with Crippen molar-refractivity contribution in [2.45, 2.75) is 257 Å². The Morgan fingerprint density at radius 1 is 0.328 bits per heavy atom. The first kappa shape index (κ1) is 103. The van der Waals surface area contributed by atoms with Crippen molar-refractivity contribution in [1.29, 1.82) is 0 Å². The van der Waals surface area contributed by atoms with Gasteiger partial charge < -0.3 is 0 Å². The largest absolute Gasteiger partial charge is 0.261 e. The van der Waals surface area contributed by atoms with E-state index in [9.17, 15) is 34.2 Å². The Bertz CT molecular complexity index is 5690. The second kappa shape index (κ2) is 48.5. The number of aromatic nitrogens is 2. The fraction of sp³-hybridized carbons (Fsp3) is 0.394. The third-order valence-electron chi connectivity index (χ3n) is 25.0. The molecule has 0 saturated carbocycles. The van der Waals surface area contributed by atoms with E-state index in [0.717, 1.165) is 220 Å². The molecule has 0 N–H and O–H groups in total. The molecule has 5 saturated heterocycles. The molecule has 5 aliphatic rings. The minimum Gasteiger partial charge on any atom is -0.261 e. The summed E-state index contributed by atoms with van der Waals surface area (Å²) in [5.74, 6) is 19.6. The molecule has 5 fully saturated rings. The Hall–Kier alpha value is -7.09. The zero-order valence-corrected chi connectivity index (χ0v) is 81.4. The number of nitrogens with zero attached hydrogens (tertiary/aromatic N) is 7. The van der Waals surface area contributed by atoms with E-state index in [2.05, 4.69) is 68.7 Å². The first-order valence-corrected chi connectivity index (χ1v) is 54.5. The van der Waals surface area contributed by atoms with Crippen molar-refractivity contribution in [3.8, 4) is 0 Å². The van der Waals surface area contributed by atoms with Crippen LogP contribution >= 0.6 is 46.4 Å². The average molecular weight is 1920 g/mol. The summed E-state index contributed by atoms with van der Waals surface area (Å²) in [6, 6.07) is 64.9. The fourth-order valence-electron chi connectivity index (χ4n) is 17.6. The molecule has 0 aliphatic carbocycles. The van der Waals surface area contributed by atoms with Crippen LogP contribution in [0.2, 0.25) is 20.1 Å². The topological polar surface area (TPSA) is 127 Å². The maximum Gasteiger partial charge on any atom is 0.141 e. The summed E-state index contributed by atoms with van der Waals surface area (Å²) in [6.07, 6.45) is 27.7. The van der Waals surface area contributed by atoms with E-state index in [1.807, 2.05) is 185 Å². The van der Waals surface area contributed by atoms with Crippen LogP contribution in [0.25, 0.3) is 0 Å².